The molecule has 0 aromatic carbocycles. The number of carbonyl (C=O) groups is 1. The lowest BCUT2D eigenvalue weighted by atomic mass is 10.2. The minimum Gasteiger partial charge on any atom is -0.392 e. The maximum absolute atomic E-state index is 10.7. The Morgan fingerprint density at radius 3 is 2.78 bits per heavy atom. The van der Waals surface area contributed by atoms with Crippen molar-refractivity contribution in [3.05, 3.63) is 11.8 Å². The molecule has 1 amide bonds. The Labute approximate surface area is 53.6 Å². The SMILES string of the molecule is CN1C=C(CO)CC1=O. The van der Waals surface area contributed by atoms with Gasteiger partial charge in [-0.3, -0.25) is 4.79 Å². The summed E-state index contributed by atoms with van der Waals surface area (Å²) in [5, 5.41) is 8.55. The third kappa shape index (κ3) is 1.10. The van der Waals surface area contributed by atoms with Crippen molar-refractivity contribution in [1.29, 1.82) is 0 Å². The summed E-state index contributed by atoms with van der Waals surface area (Å²) >= 11 is 0. The van der Waals surface area contributed by atoms with Gasteiger partial charge < -0.3 is 10.0 Å². The number of aliphatic hydroxyl groups excluding tert-OH is 1. The second kappa shape index (κ2) is 2.19. The molecule has 50 valence electrons. The molecule has 0 spiro atoms. The number of nitrogens with zero attached hydrogens (tertiary/aromatic N) is 1. The average Bonchev–Trinajstić information content (AvgIpc) is 2.13. The summed E-state index contributed by atoms with van der Waals surface area (Å²) in [6.07, 6.45) is 2.05. The molecule has 1 N–H and O–H groups in total. The molecule has 1 aliphatic rings. The van der Waals surface area contributed by atoms with Crippen molar-refractivity contribution in [2.24, 2.45) is 0 Å². The second-order valence-electron chi connectivity index (χ2n) is 2.13. The number of aliphatic hydroxyl groups is 1. The Hall–Kier alpha value is -0.830. The molecule has 0 bridgehead atoms. The predicted molar refractivity (Wildman–Crippen MR) is 32.6 cm³/mol. The van der Waals surface area contributed by atoms with E-state index < -0.39 is 0 Å². The highest BCUT2D eigenvalue weighted by Gasteiger charge is 2.16. The Morgan fingerprint density at radius 1 is 1.89 bits per heavy atom. The fraction of sp³-hybridized carbons (Fsp3) is 0.500. The number of carbonyl (C=O) groups excluding carboxylic acids is 1. The van der Waals surface area contributed by atoms with Crippen LogP contribution in [0.3, 0.4) is 0 Å². The normalized spacial score (nSPS) is 18.7. The van der Waals surface area contributed by atoms with E-state index in [2.05, 4.69) is 0 Å². The van der Waals surface area contributed by atoms with Gasteiger partial charge >= 0.3 is 0 Å². The van der Waals surface area contributed by atoms with E-state index in [0.29, 0.717) is 6.42 Å². The van der Waals surface area contributed by atoms with Crippen LogP contribution in [-0.2, 0) is 4.79 Å². The summed E-state index contributed by atoms with van der Waals surface area (Å²) in [5.74, 6) is 0.0547. The van der Waals surface area contributed by atoms with Crippen molar-refractivity contribution in [2.75, 3.05) is 13.7 Å². The lowest BCUT2D eigenvalue weighted by Crippen LogP contribution is -2.13. The zero-order chi connectivity index (χ0) is 6.85. The smallest absolute Gasteiger partial charge is 0.230 e. The Morgan fingerprint density at radius 2 is 2.56 bits per heavy atom. The van der Waals surface area contributed by atoms with Gasteiger partial charge in [0.2, 0.25) is 5.91 Å². The van der Waals surface area contributed by atoms with Crippen molar-refractivity contribution in [3.8, 4) is 0 Å². The van der Waals surface area contributed by atoms with Gasteiger partial charge in [-0.05, 0) is 5.57 Å². The van der Waals surface area contributed by atoms with Gasteiger partial charge in [0.15, 0.2) is 0 Å². The number of hydrogen-bond donors (Lipinski definition) is 1. The Bertz CT molecular complexity index is 162. The Kier molecular flexibility index (Phi) is 1.53. The Balaban J connectivity index is 2.62. The van der Waals surface area contributed by atoms with Gasteiger partial charge in [-0.15, -0.1) is 0 Å². The van der Waals surface area contributed by atoms with Crippen LogP contribution < -0.4 is 0 Å². The minimum atomic E-state index is -0.00389. The third-order valence-corrected chi connectivity index (χ3v) is 1.35. The maximum Gasteiger partial charge on any atom is 0.230 e. The first-order chi connectivity index (χ1) is 4.24. The highest BCUT2D eigenvalue weighted by molar-refractivity contribution is 5.82. The van der Waals surface area contributed by atoms with Crippen LogP contribution in [0.1, 0.15) is 6.42 Å². The molecule has 1 rings (SSSR count). The van der Waals surface area contributed by atoms with Gasteiger partial charge in [0.1, 0.15) is 0 Å². The topological polar surface area (TPSA) is 40.5 Å². The maximum atomic E-state index is 10.7. The summed E-state index contributed by atoms with van der Waals surface area (Å²) in [6.45, 7) is -0.00389. The van der Waals surface area contributed by atoms with E-state index >= 15 is 0 Å². The summed E-state index contributed by atoms with van der Waals surface area (Å²) in [5.41, 5.74) is 0.794. The molecule has 3 heteroatoms. The van der Waals surface area contributed by atoms with Crippen LogP contribution in [0, 0.1) is 0 Å². The molecule has 0 saturated heterocycles. The molecule has 1 aliphatic heterocycles. The highest BCUT2D eigenvalue weighted by atomic mass is 16.3. The van der Waals surface area contributed by atoms with Gasteiger partial charge in [-0.25, -0.2) is 0 Å². The molecule has 0 atom stereocenters. The van der Waals surface area contributed by atoms with Gasteiger partial charge in [-0.2, -0.15) is 0 Å². The minimum absolute atomic E-state index is 0.00389. The van der Waals surface area contributed by atoms with Crippen LogP contribution in [-0.4, -0.2) is 29.6 Å². The molecular formula is C6H9NO2. The van der Waals surface area contributed by atoms with E-state index in [4.69, 9.17) is 5.11 Å². The summed E-state index contributed by atoms with van der Waals surface area (Å²) in [7, 11) is 1.69. The molecule has 9 heavy (non-hydrogen) atoms. The average molecular weight is 127 g/mol. The van der Waals surface area contributed by atoms with Crippen LogP contribution in [0.2, 0.25) is 0 Å². The predicted octanol–water partition coefficient (Wildman–Crippen LogP) is -0.275. The van der Waals surface area contributed by atoms with Crippen molar-refractivity contribution in [2.45, 2.75) is 6.42 Å². The van der Waals surface area contributed by atoms with E-state index in [9.17, 15) is 4.79 Å². The first-order valence-corrected chi connectivity index (χ1v) is 2.80. The summed E-state index contributed by atoms with van der Waals surface area (Å²) in [4.78, 5) is 12.2. The van der Waals surface area contributed by atoms with Crippen molar-refractivity contribution in [1.82, 2.24) is 4.90 Å². The molecule has 1 heterocycles. The lowest BCUT2D eigenvalue weighted by Gasteiger charge is -2.00. The fourth-order valence-electron chi connectivity index (χ4n) is 0.807. The molecule has 0 aromatic heterocycles. The van der Waals surface area contributed by atoms with E-state index in [1.807, 2.05) is 0 Å². The molecule has 0 saturated carbocycles. The van der Waals surface area contributed by atoms with E-state index in [-0.39, 0.29) is 12.5 Å². The first-order valence-electron chi connectivity index (χ1n) is 2.80. The van der Waals surface area contributed by atoms with Gasteiger partial charge in [0, 0.05) is 13.2 Å². The fourth-order valence-corrected chi connectivity index (χ4v) is 0.807. The van der Waals surface area contributed by atoms with Crippen LogP contribution >= 0.6 is 0 Å². The number of rotatable bonds is 1. The van der Waals surface area contributed by atoms with E-state index in [1.165, 1.54) is 4.90 Å². The quantitative estimate of drug-likeness (QED) is 0.526. The molecule has 0 aliphatic carbocycles. The van der Waals surface area contributed by atoms with Crippen molar-refractivity contribution in [3.63, 3.8) is 0 Å². The standard InChI is InChI=1S/C6H9NO2/c1-7-3-5(4-8)2-6(7)9/h3,8H,2,4H2,1H3. The summed E-state index contributed by atoms with van der Waals surface area (Å²) in [6, 6.07) is 0. The van der Waals surface area contributed by atoms with Crippen LogP contribution in [0.4, 0.5) is 0 Å². The van der Waals surface area contributed by atoms with Gasteiger partial charge in [0.05, 0.1) is 13.0 Å². The lowest BCUT2D eigenvalue weighted by molar-refractivity contribution is -0.125. The number of amides is 1. The third-order valence-electron chi connectivity index (χ3n) is 1.35. The molecule has 3 nitrogen and oxygen atoms in total. The zero-order valence-corrected chi connectivity index (χ0v) is 5.29. The van der Waals surface area contributed by atoms with Gasteiger partial charge in [-0.1, -0.05) is 0 Å². The van der Waals surface area contributed by atoms with Crippen LogP contribution in [0.5, 0.6) is 0 Å². The first kappa shape index (κ1) is 6.29. The summed E-state index contributed by atoms with van der Waals surface area (Å²) < 4.78 is 0. The van der Waals surface area contributed by atoms with Crippen LogP contribution in [0.15, 0.2) is 11.8 Å². The highest BCUT2D eigenvalue weighted by Crippen LogP contribution is 2.11. The van der Waals surface area contributed by atoms with E-state index in [1.54, 1.807) is 13.2 Å². The second-order valence-corrected chi connectivity index (χ2v) is 2.13. The van der Waals surface area contributed by atoms with Crippen molar-refractivity contribution >= 4 is 5.91 Å². The van der Waals surface area contributed by atoms with Crippen LogP contribution in [0.25, 0.3) is 0 Å². The molecular weight excluding hydrogens is 118 g/mol. The van der Waals surface area contributed by atoms with E-state index in [0.717, 1.165) is 5.57 Å². The molecule has 0 unspecified atom stereocenters. The zero-order valence-electron chi connectivity index (χ0n) is 5.29. The number of hydrogen-bond acceptors (Lipinski definition) is 2. The molecule has 0 radical (unpaired) electrons. The monoisotopic (exact) mass is 127 g/mol. The van der Waals surface area contributed by atoms with Crippen molar-refractivity contribution < 1.29 is 9.90 Å². The largest absolute Gasteiger partial charge is 0.392 e. The molecule has 0 fully saturated rings. The van der Waals surface area contributed by atoms with Gasteiger partial charge in [0.25, 0.3) is 0 Å². The molecule has 0 aromatic rings.